The second kappa shape index (κ2) is 7.40. The van der Waals surface area contributed by atoms with Crippen molar-refractivity contribution < 1.29 is 9.18 Å². The number of piperidine rings is 1. The number of carbonyl (C=O) groups is 1. The molecule has 1 aliphatic carbocycles. The molecule has 134 valence electrons. The van der Waals surface area contributed by atoms with E-state index in [0.29, 0.717) is 11.6 Å². The van der Waals surface area contributed by atoms with Crippen molar-refractivity contribution in [3.63, 3.8) is 0 Å². The number of amides is 1. The molecule has 2 heterocycles. The lowest BCUT2D eigenvalue weighted by molar-refractivity contribution is -0.118. The quantitative estimate of drug-likeness (QED) is 0.850. The standard InChI is InChI=1S/C18H20FN3OS.ClH/c19-13-3-1-2-12(8-13)9-14-11-21-17(24-14)22-16(23)15-10-18(15)4-6-20-7-5-18;/h1-3,8,11,15,20H,4-7,9-10H2,(H,21,22,23);1H. The fraction of sp³-hybridized carbons (Fsp3) is 0.444. The SMILES string of the molecule is Cl.O=C(Nc1ncc(Cc2cccc(F)c2)s1)C1CC12CCNCC2. The number of benzene rings is 1. The summed E-state index contributed by atoms with van der Waals surface area (Å²) in [5.74, 6) is 0.00488. The summed E-state index contributed by atoms with van der Waals surface area (Å²) < 4.78 is 13.2. The van der Waals surface area contributed by atoms with E-state index < -0.39 is 0 Å². The molecular formula is C18H21ClFN3OS. The fourth-order valence-electron chi connectivity index (χ4n) is 3.68. The average molecular weight is 382 g/mol. The minimum absolute atomic E-state index is 0. The molecule has 1 saturated heterocycles. The van der Waals surface area contributed by atoms with Crippen LogP contribution >= 0.6 is 23.7 Å². The molecular weight excluding hydrogens is 361 g/mol. The van der Waals surface area contributed by atoms with Crippen molar-refractivity contribution in [2.24, 2.45) is 11.3 Å². The molecule has 1 aromatic heterocycles. The van der Waals surface area contributed by atoms with E-state index in [1.54, 1.807) is 12.3 Å². The van der Waals surface area contributed by atoms with Crippen LogP contribution in [0.3, 0.4) is 0 Å². The van der Waals surface area contributed by atoms with Crippen molar-refractivity contribution in [1.29, 1.82) is 0 Å². The first-order chi connectivity index (χ1) is 11.6. The molecule has 4 rings (SSSR count). The highest BCUT2D eigenvalue weighted by Crippen LogP contribution is 2.58. The highest BCUT2D eigenvalue weighted by Gasteiger charge is 2.57. The third-order valence-electron chi connectivity index (χ3n) is 5.16. The van der Waals surface area contributed by atoms with Crippen molar-refractivity contribution in [1.82, 2.24) is 10.3 Å². The van der Waals surface area contributed by atoms with Crippen LogP contribution in [0.15, 0.2) is 30.5 Å². The first kappa shape index (κ1) is 18.3. The fourth-order valence-corrected chi connectivity index (χ4v) is 4.53. The van der Waals surface area contributed by atoms with Gasteiger partial charge in [-0.2, -0.15) is 0 Å². The number of halogens is 2. The Bertz CT molecular complexity index is 760. The Hall–Kier alpha value is -1.50. The zero-order valence-electron chi connectivity index (χ0n) is 13.8. The molecule has 25 heavy (non-hydrogen) atoms. The van der Waals surface area contributed by atoms with Crippen molar-refractivity contribution in [3.05, 3.63) is 46.7 Å². The van der Waals surface area contributed by atoms with E-state index >= 15 is 0 Å². The van der Waals surface area contributed by atoms with Crippen LogP contribution in [0.25, 0.3) is 0 Å². The summed E-state index contributed by atoms with van der Waals surface area (Å²) in [6, 6.07) is 6.57. The Morgan fingerprint density at radius 3 is 2.96 bits per heavy atom. The number of anilines is 1. The summed E-state index contributed by atoms with van der Waals surface area (Å²) in [4.78, 5) is 17.8. The Labute approximate surface area is 156 Å². The van der Waals surface area contributed by atoms with Crippen molar-refractivity contribution in [2.75, 3.05) is 18.4 Å². The summed E-state index contributed by atoms with van der Waals surface area (Å²) in [7, 11) is 0. The number of rotatable bonds is 4. The van der Waals surface area contributed by atoms with E-state index in [2.05, 4.69) is 15.6 Å². The van der Waals surface area contributed by atoms with Gasteiger partial charge >= 0.3 is 0 Å². The summed E-state index contributed by atoms with van der Waals surface area (Å²) in [5, 5.41) is 6.96. The molecule has 0 bridgehead atoms. The van der Waals surface area contributed by atoms with E-state index in [1.165, 1.54) is 23.5 Å². The molecule has 1 amide bonds. The Kier molecular flexibility index (Phi) is 5.41. The van der Waals surface area contributed by atoms with E-state index in [-0.39, 0.29) is 35.5 Å². The van der Waals surface area contributed by atoms with Gasteiger partial charge in [0.05, 0.1) is 0 Å². The molecule has 2 aromatic rings. The molecule has 2 aliphatic rings. The maximum absolute atomic E-state index is 13.2. The van der Waals surface area contributed by atoms with E-state index in [0.717, 1.165) is 42.8 Å². The van der Waals surface area contributed by atoms with Gasteiger partial charge in [0, 0.05) is 23.4 Å². The molecule has 4 nitrogen and oxygen atoms in total. The van der Waals surface area contributed by atoms with Gasteiger partial charge in [-0.1, -0.05) is 12.1 Å². The van der Waals surface area contributed by atoms with Crippen LogP contribution in [0.2, 0.25) is 0 Å². The molecule has 1 saturated carbocycles. The second-order valence-electron chi connectivity index (χ2n) is 6.80. The van der Waals surface area contributed by atoms with Crippen LogP contribution < -0.4 is 10.6 Å². The molecule has 1 unspecified atom stereocenters. The summed E-state index contributed by atoms with van der Waals surface area (Å²) in [6.07, 6.45) is 5.58. The summed E-state index contributed by atoms with van der Waals surface area (Å²) >= 11 is 1.46. The predicted molar refractivity (Wildman–Crippen MR) is 99.8 cm³/mol. The largest absolute Gasteiger partial charge is 0.317 e. The highest BCUT2D eigenvalue weighted by molar-refractivity contribution is 7.15. The topological polar surface area (TPSA) is 54.0 Å². The lowest BCUT2D eigenvalue weighted by atomic mass is 9.92. The third kappa shape index (κ3) is 4.02. The van der Waals surface area contributed by atoms with E-state index in [9.17, 15) is 9.18 Å². The molecule has 2 fully saturated rings. The normalized spacial score (nSPS) is 20.8. The van der Waals surface area contributed by atoms with Gasteiger partial charge in [-0.05, 0) is 55.5 Å². The lowest BCUT2D eigenvalue weighted by Gasteiger charge is -2.22. The van der Waals surface area contributed by atoms with Crippen LogP contribution in [-0.4, -0.2) is 24.0 Å². The number of nitrogens with zero attached hydrogens (tertiary/aromatic N) is 1. The zero-order valence-corrected chi connectivity index (χ0v) is 15.4. The number of hydrogen-bond donors (Lipinski definition) is 2. The second-order valence-corrected chi connectivity index (χ2v) is 7.91. The number of hydrogen-bond acceptors (Lipinski definition) is 4. The Balaban J connectivity index is 0.00000182. The Morgan fingerprint density at radius 1 is 1.40 bits per heavy atom. The first-order valence-corrected chi connectivity index (χ1v) is 9.17. The first-order valence-electron chi connectivity index (χ1n) is 8.35. The maximum atomic E-state index is 13.2. The van der Waals surface area contributed by atoms with Gasteiger partial charge in [-0.25, -0.2) is 9.37 Å². The number of thiazole rings is 1. The van der Waals surface area contributed by atoms with Crippen LogP contribution in [-0.2, 0) is 11.2 Å². The van der Waals surface area contributed by atoms with Crippen LogP contribution in [0, 0.1) is 17.2 Å². The molecule has 7 heteroatoms. The minimum Gasteiger partial charge on any atom is -0.317 e. The monoisotopic (exact) mass is 381 g/mol. The maximum Gasteiger partial charge on any atom is 0.229 e. The smallest absolute Gasteiger partial charge is 0.229 e. The van der Waals surface area contributed by atoms with Crippen LogP contribution in [0.1, 0.15) is 29.7 Å². The Morgan fingerprint density at radius 2 is 2.20 bits per heavy atom. The number of aromatic nitrogens is 1. The van der Waals surface area contributed by atoms with Crippen molar-refractivity contribution in [3.8, 4) is 0 Å². The van der Waals surface area contributed by atoms with Crippen LogP contribution in [0.5, 0.6) is 0 Å². The highest BCUT2D eigenvalue weighted by atomic mass is 35.5. The van der Waals surface area contributed by atoms with Crippen molar-refractivity contribution >= 4 is 34.8 Å². The van der Waals surface area contributed by atoms with Crippen molar-refractivity contribution in [2.45, 2.75) is 25.7 Å². The van der Waals surface area contributed by atoms with Gasteiger partial charge in [0.25, 0.3) is 0 Å². The molecule has 1 atom stereocenters. The van der Waals surface area contributed by atoms with Gasteiger partial charge in [-0.15, -0.1) is 23.7 Å². The molecule has 1 spiro atoms. The van der Waals surface area contributed by atoms with Gasteiger partial charge in [0.15, 0.2) is 5.13 Å². The number of carbonyl (C=O) groups excluding carboxylic acids is 1. The van der Waals surface area contributed by atoms with Gasteiger partial charge in [0.1, 0.15) is 5.82 Å². The average Bonchev–Trinajstić information content (AvgIpc) is 3.07. The minimum atomic E-state index is -0.230. The number of nitrogens with one attached hydrogen (secondary N) is 2. The predicted octanol–water partition coefficient (Wildman–Crippen LogP) is 3.62. The van der Waals surface area contributed by atoms with Crippen LogP contribution in [0.4, 0.5) is 9.52 Å². The molecule has 0 radical (unpaired) electrons. The molecule has 1 aliphatic heterocycles. The molecule has 1 aromatic carbocycles. The van der Waals surface area contributed by atoms with Gasteiger partial charge < -0.3 is 10.6 Å². The lowest BCUT2D eigenvalue weighted by Crippen LogP contribution is -2.31. The summed E-state index contributed by atoms with van der Waals surface area (Å²) in [5.41, 5.74) is 1.14. The van der Waals surface area contributed by atoms with Gasteiger partial charge in [-0.3, -0.25) is 4.79 Å². The van der Waals surface area contributed by atoms with Gasteiger partial charge in [0.2, 0.25) is 5.91 Å². The third-order valence-corrected chi connectivity index (χ3v) is 6.07. The van der Waals surface area contributed by atoms with E-state index in [4.69, 9.17) is 0 Å². The van der Waals surface area contributed by atoms with E-state index in [1.807, 2.05) is 6.07 Å². The zero-order chi connectivity index (χ0) is 16.6. The summed E-state index contributed by atoms with van der Waals surface area (Å²) in [6.45, 7) is 2.03. The molecule has 2 N–H and O–H groups in total.